The van der Waals surface area contributed by atoms with Crippen LogP contribution >= 0.6 is 0 Å². The lowest BCUT2D eigenvalue weighted by molar-refractivity contribution is 0.0470. The fourth-order valence-electron chi connectivity index (χ4n) is 4.41. The van der Waals surface area contributed by atoms with Crippen molar-refractivity contribution in [1.29, 1.82) is 0 Å². The SMILES string of the molecule is COC(=O)N1C[C@@H](c2ccc(CO)c(OC3CCCC3)c2)[C@](C)([C@@H](C)O)C1. The summed E-state index contributed by atoms with van der Waals surface area (Å²) in [5, 5.41) is 20.2. The molecule has 1 saturated heterocycles. The van der Waals surface area contributed by atoms with E-state index in [1.807, 2.05) is 25.1 Å². The summed E-state index contributed by atoms with van der Waals surface area (Å²) in [5.41, 5.74) is 1.29. The molecule has 1 heterocycles. The van der Waals surface area contributed by atoms with Crippen LogP contribution in [-0.2, 0) is 11.3 Å². The zero-order valence-corrected chi connectivity index (χ0v) is 16.5. The normalized spacial score (nSPS) is 27.0. The molecule has 1 aromatic carbocycles. The van der Waals surface area contributed by atoms with Gasteiger partial charge in [0, 0.05) is 30.0 Å². The summed E-state index contributed by atoms with van der Waals surface area (Å²) >= 11 is 0. The standard InChI is InChI=1S/C21H31NO5/c1-14(24)21(2)13-22(20(25)26-3)11-18(21)15-8-9-16(12-23)19(10-15)27-17-6-4-5-7-17/h8-10,14,17-18,23-24H,4-7,11-13H2,1-3H3/t14-,18+,21+/m1/s1. The Labute approximate surface area is 161 Å². The number of methoxy groups -OCH3 is 1. The molecule has 150 valence electrons. The summed E-state index contributed by atoms with van der Waals surface area (Å²) in [4.78, 5) is 13.7. The highest BCUT2D eigenvalue weighted by molar-refractivity contribution is 5.68. The molecule has 27 heavy (non-hydrogen) atoms. The number of hydrogen-bond donors (Lipinski definition) is 2. The van der Waals surface area contributed by atoms with Crippen LogP contribution < -0.4 is 4.74 Å². The first-order chi connectivity index (χ1) is 12.9. The van der Waals surface area contributed by atoms with Crippen LogP contribution in [-0.4, -0.2) is 53.6 Å². The Bertz CT molecular complexity index is 671. The third kappa shape index (κ3) is 3.92. The topological polar surface area (TPSA) is 79.2 Å². The van der Waals surface area contributed by atoms with Crippen molar-refractivity contribution in [3.63, 3.8) is 0 Å². The van der Waals surface area contributed by atoms with Gasteiger partial charge in [-0.3, -0.25) is 0 Å². The second kappa shape index (κ2) is 8.07. The molecule has 6 heteroatoms. The number of carbonyl (C=O) groups is 1. The highest BCUT2D eigenvalue weighted by Crippen LogP contribution is 2.46. The second-order valence-corrected chi connectivity index (χ2v) is 8.13. The first-order valence-electron chi connectivity index (χ1n) is 9.80. The van der Waals surface area contributed by atoms with E-state index in [0.29, 0.717) is 18.8 Å². The average molecular weight is 377 g/mol. The predicted octanol–water partition coefficient (Wildman–Crippen LogP) is 3.05. The Morgan fingerprint density at radius 1 is 1.37 bits per heavy atom. The van der Waals surface area contributed by atoms with Gasteiger partial charge in [-0.25, -0.2) is 4.79 Å². The highest BCUT2D eigenvalue weighted by Gasteiger charge is 2.48. The molecule has 1 aromatic rings. The predicted molar refractivity (Wildman–Crippen MR) is 102 cm³/mol. The summed E-state index contributed by atoms with van der Waals surface area (Å²) in [7, 11) is 1.37. The Kier molecular flexibility index (Phi) is 5.96. The Morgan fingerprint density at radius 3 is 2.67 bits per heavy atom. The van der Waals surface area contributed by atoms with Crippen LogP contribution in [0.15, 0.2) is 18.2 Å². The quantitative estimate of drug-likeness (QED) is 0.824. The largest absolute Gasteiger partial charge is 0.490 e. The van der Waals surface area contributed by atoms with E-state index >= 15 is 0 Å². The molecule has 6 nitrogen and oxygen atoms in total. The molecule has 1 saturated carbocycles. The molecular weight excluding hydrogens is 346 g/mol. The number of rotatable bonds is 5. The van der Waals surface area contributed by atoms with Gasteiger partial charge in [-0.15, -0.1) is 0 Å². The van der Waals surface area contributed by atoms with E-state index in [-0.39, 0.29) is 24.7 Å². The average Bonchev–Trinajstić information content (AvgIpc) is 3.29. The van der Waals surface area contributed by atoms with E-state index in [9.17, 15) is 15.0 Å². The van der Waals surface area contributed by atoms with E-state index in [1.165, 1.54) is 20.0 Å². The maximum atomic E-state index is 12.1. The third-order valence-corrected chi connectivity index (χ3v) is 6.38. The minimum absolute atomic E-state index is 0.0460. The molecular formula is C21H31NO5. The van der Waals surface area contributed by atoms with Crippen LogP contribution in [0.2, 0.25) is 0 Å². The summed E-state index contributed by atoms with van der Waals surface area (Å²) in [6, 6.07) is 5.85. The smallest absolute Gasteiger partial charge is 0.409 e. The molecule has 0 radical (unpaired) electrons. The molecule has 2 aliphatic rings. The van der Waals surface area contributed by atoms with E-state index in [1.54, 1.807) is 11.8 Å². The van der Waals surface area contributed by atoms with E-state index in [4.69, 9.17) is 9.47 Å². The minimum Gasteiger partial charge on any atom is -0.490 e. The fraction of sp³-hybridized carbons (Fsp3) is 0.667. The van der Waals surface area contributed by atoms with Crippen molar-refractivity contribution < 1.29 is 24.5 Å². The van der Waals surface area contributed by atoms with Crippen molar-refractivity contribution >= 4 is 6.09 Å². The summed E-state index contributed by atoms with van der Waals surface area (Å²) < 4.78 is 11.1. The van der Waals surface area contributed by atoms with Crippen molar-refractivity contribution in [3.8, 4) is 5.75 Å². The number of nitrogens with zero attached hydrogens (tertiary/aromatic N) is 1. The van der Waals surface area contributed by atoms with Crippen LogP contribution in [0, 0.1) is 5.41 Å². The molecule has 3 atom stereocenters. The Balaban J connectivity index is 1.91. The molecule has 3 rings (SSSR count). The van der Waals surface area contributed by atoms with Gasteiger partial charge >= 0.3 is 6.09 Å². The number of ether oxygens (including phenoxy) is 2. The number of amides is 1. The number of carbonyl (C=O) groups excluding carboxylic acids is 1. The molecule has 1 amide bonds. The van der Waals surface area contributed by atoms with Gasteiger partial charge in [-0.2, -0.15) is 0 Å². The van der Waals surface area contributed by atoms with Crippen molar-refractivity contribution in [2.45, 2.75) is 64.3 Å². The second-order valence-electron chi connectivity index (χ2n) is 8.13. The molecule has 2 N–H and O–H groups in total. The zero-order valence-electron chi connectivity index (χ0n) is 16.5. The van der Waals surface area contributed by atoms with Crippen molar-refractivity contribution in [3.05, 3.63) is 29.3 Å². The van der Waals surface area contributed by atoms with Gasteiger partial charge in [0.05, 0.1) is 25.9 Å². The zero-order chi connectivity index (χ0) is 19.6. The van der Waals surface area contributed by atoms with Crippen LogP contribution in [0.1, 0.15) is 56.6 Å². The first kappa shape index (κ1) is 20.0. The molecule has 0 unspecified atom stereocenters. The fourth-order valence-corrected chi connectivity index (χ4v) is 4.41. The van der Waals surface area contributed by atoms with Gasteiger partial charge in [0.25, 0.3) is 0 Å². The lowest BCUT2D eigenvalue weighted by atomic mass is 9.72. The number of aliphatic hydroxyl groups excluding tert-OH is 2. The Hall–Kier alpha value is -1.79. The number of aliphatic hydroxyl groups is 2. The van der Waals surface area contributed by atoms with Gasteiger partial charge in [-0.05, 0) is 44.2 Å². The molecule has 0 aromatic heterocycles. The summed E-state index contributed by atoms with van der Waals surface area (Å²) in [6.07, 6.45) is 3.67. The first-order valence-corrected chi connectivity index (χ1v) is 9.80. The maximum Gasteiger partial charge on any atom is 0.409 e. The van der Waals surface area contributed by atoms with Gasteiger partial charge in [0.1, 0.15) is 5.75 Å². The van der Waals surface area contributed by atoms with Crippen molar-refractivity contribution in [2.75, 3.05) is 20.2 Å². The maximum absolute atomic E-state index is 12.1. The van der Waals surface area contributed by atoms with Crippen LogP contribution in [0.4, 0.5) is 4.79 Å². The van der Waals surface area contributed by atoms with Crippen LogP contribution in [0.3, 0.4) is 0 Å². The summed E-state index contributed by atoms with van der Waals surface area (Å²) in [5.74, 6) is 0.668. The van der Waals surface area contributed by atoms with E-state index < -0.39 is 11.5 Å². The number of benzene rings is 1. The third-order valence-electron chi connectivity index (χ3n) is 6.38. The summed E-state index contributed by atoms with van der Waals surface area (Å²) in [6.45, 7) is 4.61. The van der Waals surface area contributed by atoms with Gasteiger partial charge in [0.15, 0.2) is 0 Å². The van der Waals surface area contributed by atoms with E-state index in [0.717, 1.165) is 24.0 Å². The molecule has 2 fully saturated rings. The monoisotopic (exact) mass is 377 g/mol. The van der Waals surface area contributed by atoms with Crippen LogP contribution in [0.25, 0.3) is 0 Å². The molecule has 0 bridgehead atoms. The van der Waals surface area contributed by atoms with Crippen LogP contribution in [0.5, 0.6) is 5.75 Å². The molecule has 1 aliphatic heterocycles. The van der Waals surface area contributed by atoms with Gasteiger partial charge in [-0.1, -0.05) is 19.1 Å². The minimum atomic E-state index is -0.589. The van der Waals surface area contributed by atoms with Gasteiger partial charge < -0.3 is 24.6 Å². The van der Waals surface area contributed by atoms with E-state index in [2.05, 4.69) is 0 Å². The Morgan fingerprint density at radius 2 is 2.07 bits per heavy atom. The van der Waals surface area contributed by atoms with Crippen molar-refractivity contribution in [2.24, 2.45) is 5.41 Å². The van der Waals surface area contributed by atoms with Gasteiger partial charge in [0.2, 0.25) is 0 Å². The van der Waals surface area contributed by atoms with Crippen molar-refractivity contribution in [1.82, 2.24) is 4.90 Å². The number of hydrogen-bond acceptors (Lipinski definition) is 5. The number of likely N-dealkylation sites (tertiary alicyclic amines) is 1. The lowest BCUT2D eigenvalue weighted by Crippen LogP contribution is -2.38. The molecule has 1 aliphatic carbocycles. The lowest BCUT2D eigenvalue weighted by Gasteiger charge is -2.34. The molecule has 0 spiro atoms. The highest BCUT2D eigenvalue weighted by atomic mass is 16.5.